The fourth-order valence-corrected chi connectivity index (χ4v) is 12.3. The van der Waals surface area contributed by atoms with E-state index >= 15 is 0 Å². The Morgan fingerprint density at radius 3 is 1.20 bits per heavy atom. The van der Waals surface area contributed by atoms with Gasteiger partial charge in [0.1, 0.15) is 23.4 Å². The number of nitrogens with two attached hydrogens (primary N) is 1. The largest absolute Gasteiger partial charge is 0.444 e. The maximum atomic E-state index is 11.6. The molecule has 2 amide bonds. The number of ether oxygens (including phenoxy) is 3. The van der Waals surface area contributed by atoms with Crippen LogP contribution in [0.25, 0.3) is 0 Å². The summed E-state index contributed by atoms with van der Waals surface area (Å²) in [5, 5.41) is 43.4. The van der Waals surface area contributed by atoms with Crippen LogP contribution in [0, 0.1) is 0 Å². The monoisotopic (exact) mass is 1350 g/mol. The normalized spacial score (nSPS) is 14.6. The fraction of sp³-hybridized carbons (Fsp3) is 0.622. The second-order valence-corrected chi connectivity index (χ2v) is 31.6. The zero-order valence-corrected chi connectivity index (χ0v) is 49.1. The highest BCUT2D eigenvalue weighted by Crippen LogP contribution is 2.70. The summed E-state index contributed by atoms with van der Waals surface area (Å²) in [5.41, 5.74) is 4.32. The molecule has 34 nitrogen and oxygen atoms in total. The zero-order valence-electron chi connectivity index (χ0n) is 43.7. The summed E-state index contributed by atoms with van der Waals surface area (Å²) in [5.74, 6) is 0. The number of hydrogen-bond acceptors (Lipinski definition) is 18. The van der Waals surface area contributed by atoms with Crippen LogP contribution in [0.15, 0.2) is 73.6 Å². The molecule has 0 spiro atoms. The van der Waals surface area contributed by atoms with Crippen molar-refractivity contribution in [2.45, 2.75) is 156 Å². The van der Waals surface area contributed by atoms with Gasteiger partial charge in [-0.15, -0.1) is 0 Å². The van der Waals surface area contributed by atoms with Gasteiger partial charge >= 0.3 is 57.8 Å². The summed E-state index contributed by atoms with van der Waals surface area (Å²) in [4.78, 5) is 135. The van der Waals surface area contributed by atoms with Crippen LogP contribution in [-0.4, -0.2) is 172 Å². The van der Waals surface area contributed by atoms with E-state index < -0.39 is 110 Å². The molecule has 4 rings (SSSR count). The van der Waals surface area contributed by atoms with E-state index in [-0.39, 0.29) is 92.2 Å². The van der Waals surface area contributed by atoms with Gasteiger partial charge < -0.3 is 115 Å². The van der Waals surface area contributed by atoms with E-state index in [2.05, 4.69) is 15.6 Å². The number of aromatic nitrogens is 3. The lowest BCUT2D eigenvalue weighted by molar-refractivity contribution is -0.703. The number of amides is 2. The summed E-state index contributed by atoms with van der Waals surface area (Å²) in [6.45, 7) is 11.7. The van der Waals surface area contributed by atoms with Crippen molar-refractivity contribution in [3.05, 3.63) is 90.3 Å². The molecule has 3 aromatic rings. The SMILES string of the molecule is C.C.C.C.C.CC(C)(C)OC(=O)NCC(O)C[n+]1cccc(CC(O)(P(=O)(O)O)P(=O)(O)O)c1.CC(C)(C)OC(=O)NCC1CO1.NCC(O)C[n+]1cccc(CC(O)(P(=O)(O)O)P(=O)(O)O)c1.O=P(O)(O)C(O)(Cc1cccnc1)P(=O)(O)O. The van der Waals surface area contributed by atoms with Crippen molar-refractivity contribution in [1.29, 1.82) is 0 Å². The molecular formula is C45H92N6O28P6+2. The first kappa shape index (κ1) is 90.4. The van der Waals surface area contributed by atoms with Gasteiger partial charge in [0.05, 0.1) is 19.3 Å². The summed E-state index contributed by atoms with van der Waals surface area (Å²) in [7, 11) is -33.0. The van der Waals surface area contributed by atoms with Crippen molar-refractivity contribution in [1.82, 2.24) is 15.6 Å². The van der Waals surface area contributed by atoms with Gasteiger partial charge in [-0.3, -0.25) is 32.4 Å². The lowest BCUT2D eigenvalue weighted by Gasteiger charge is -2.29. The third-order valence-electron chi connectivity index (χ3n) is 9.96. The lowest BCUT2D eigenvalue weighted by atomic mass is 10.2. The Hall–Kier alpha value is -3.39. The van der Waals surface area contributed by atoms with Crippen LogP contribution in [-0.2, 0) is 74.0 Å². The molecule has 4 heterocycles. The molecule has 1 fully saturated rings. The molecule has 1 aliphatic heterocycles. The van der Waals surface area contributed by atoms with Crippen molar-refractivity contribution in [2.75, 3.05) is 26.2 Å². The number of nitrogens with zero attached hydrogens (tertiary/aromatic N) is 3. The number of carbonyl (C=O) groups is 2. The van der Waals surface area contributed by atoms with E-state index in [1.807, 2.05) is 20.8 Å². The Bertz CT molecular complexity index is 2720. The summed E-state index contributed by atoms with van der Waals surface area (Å²) < 4.78 is 85.4. The molecule has 3 aromatic heterocycles. The third kappa shape index (κ3) is 31.1. The van der Waals surface area contributed by atoms with Crippen LogP contribution in [0.4, 0.5) is 9.59 Å². The van der Waals surface area contributed by atoms with Gasteiger partial charge in [0.2, 0.25) is 0 Å². The maximum absolute atomic E-state index is 11.6. The predicted molar refractivity (Wildman–Crippen MR) is 309 cm³/mol. The van der Waals surface area contributed by atoms with E-state index in [9.17, 15) is 82.1 Å². The molecule has 3 atom stereocenters. The second kappa shape index (κ2) is 35.7. The number of hydrogen-bond donors (Lipinski definition) is 20. The first-order valence-electron chi connectivity index (χ1n) is 22.9. The number of epoxide rings is 1. The number of nitrogens with one attached hydrogen (secondary N) is 2. The molecule has 21 N–H and O–H groups in total. The number of rotatable bonds is 21. The van der Waals surface area contributed by atoms with Gasteiger partial charge in [0, 0.05) is 68.0 Å². The van der Waals surface area contributed by atoms with Gasteiger partial charge in [-0.2, -0.15) is 0 Å². The summed E-state index contributed by atoms with van der Waals surface area (Å²) in [6.07, 6.45) is 2.40. The molecule has 3 unspecified atom stereocenters. The maximum Gasteiger partial charge on any atom is 0.407 e. The number of carbonyl (C=O) groups excluding carboxylic acids is 2. The van der Waals surface area contributed by atoms with Crippen LogP contribution in [0.1, 0.15) is 95.4 Å². The van der Waals surface area contributed by atoms with Gasteiger partial charge in [-0.1, -0.05) is 43.2 Å². The third-order valence-corrected chi connectivity index (χ3v) is 21.2. The van der Waals surface area contributed by atoms with Crippen LogP contribution in [0.3, 0.4) is 0 Å². The molecule has 85 heavy (non-hydrogen) atoms. The van der Waals surface area contributed by atoms with Crippen molar-refractivity contribution >= 4 is 57.8 Å². The minimum Gasteiger partial charge on any atom is -0.444 e. The molecule has 40 heteroatoms. The average Bonchev–Trinajstić information content (AvgIpc) is 4.10. The van der Waals surface area contributed by atoms with Crippen molar-refractivity contribution in [3.63, 3.8) is 0 Å². The Kier molecular flexibility index (Phi) is 38.0. The number of aliphatic hydroxyl groups excluding tert-OH is 2. The Labute approximate surface area is 494 Å². The van der Waals surface area contributed by atoms with Gasteiger partial charge in [0.25, 0.3) is 15.2 Å². The van der Waals surface area contributed by atoms with Gasteiger partial charge in [0.15, 0.2) is 37.9 Å². The van der Waals surface area contributed by atoms with E-state index in [1.54, 1.807) is 20.8 Å². The minimum absolute atomic E-state index is 0. The number of pyridine rings is 3. The summed E-state index contributed by atoms with van der Waals surface area (Å²) >= 11 is 0. The molecule has 1 aliphatic rings. The van der Waals surface area contributed by atoms with E-state index in [4.69, 9.17) is 59.1 Å². The van der Waals surface area contributed by atoms with E-state index in [1.165, 1.54) is 76.5 Å². The molecule has 1 saturated heterocycles. The van der Waals surface area contributed by atoms with Crippen molar-refractivity contribution < 1.29 is 145 Å². The van der Waals surface area contributed by atoms with Crippen LogP contribution < -0.4 is 25.5 Å². The molecule has 0 radical (unpaired) electrons. The van der Waals surface area contributed by atoms with Crippen LogP contribution >= 0.6 is 45.6 Å². The second-order valence-electron chi connectivity index (χ2n) is 19.6. The van der Waals surface area contributed by atoms with Crippen LogP contribution in [0.2, 0.25) is 0 Å². The van der Waals surface area contributed by atoms with Crippen molar-refractivity contribution in [3.8, 4) is 0 Å². The first-order valence-corrected chi connectivity index (χ1v) is 32.5. The fourth-order valence-electron chi connectivity index (χ4n) is 5.88. The first-order chi connectivity index (χ1) is 35.9. The smallest absolute Gasteiger partial charge is 0.407 e. The highest BCUT2D eigenvalue weighted by Gasteiger charge is 2.61. The van der Waals surface area contributed by atoms with E-state index in [0.717, 1.165) is 12.8 Å². The topological polar surface area (TPSA) is 582 Å². The number of alkyl carbamates (subject to hydrolysis) is 2. The minimum atomic E-state index is -5.58. The molecule has 498 valence electrons. The molecule has 0 saturated carbocycles. The van der Waals surface area contributed by atoms with E-state index in [0.29, 0.717) is 6.54 Å². The standard InChI is InChI=1S/C15H26N2O10P2.C10H18N2O8P2.C8H15NO3.C7H11NO7P2.5CH4/c1-14(2,3)27-13(19)16-8-12(18)10-17-6-4-5-11(9-17)7-15(20,28(21,22)23)29(24,25)26;11-5-9(13)7-12-3-1-2-8(6-12)4-10(14,21(15,16)17)22(18,19)20;1-8(2,3)12-7(10)9-4-6-5-11-6;9-7(16(10,11)12,17(13,14)15)4-6-2-1-3-8-5-6;;;;;/h4-6,9,12,18,20H,7-8,10H2,1-3H3,(H4-,16,19,21,22,23,24,25,26);1-3,6,9,13-14H,4-5,7,11H2,(H3-,15,16,17,18,19,20);6H,4-5H2,1-3H3,(H,9,10);1-3,5,9H,4H2,(H2,10,11,12)(H2,13,14,15);5*1H4/p+2. The molecule has 0 aromatic carbocycles. The van der Waals surface area contributed by atoms with Crippen LogP contribution in [0.5, 0.6) is 0 Å². The Morgan fingerprint density at radius 2 is 0.906 bits per heavy atom. The van der Waals surface area contributed by atoms with Gasteiger partial charge in [-0.05, 0) is 65.3 Å². The lowest BCUT2D eigenvalue weighted by Crippen LogP contribution is -2.45. The average molecular weight is 1350 g/mol. The highest BCUT2D eigenvalue weighted by atomic mass is 31.3. The zero-order chi connectivity index (χ0) is 62.4. The quantitative estimate of drug-likeness (QED) is 0.0401. The number of aliphatic hydroxyl groups is 5. The molecule has 0 bridgehead atoms. The van der Waals surface area contributed by atoms with Crippen molar-refractivity contribution in [2.24, 2.45) is 5.73 Å². The van der Waals surface area contributed by atoms with Gasteiger partial charge in [-0.25, -0.2) is 18.7 Å². The predicted octanol–water partition coefficient (Wildman–Crippen LogP) is 0.957. The molecule has 0 aliphatic carbocycles. The summed E-state index contributed by atoms with van der Waals surface area (Å²) in [6, 6.07) is 8.24. The Morgan fingerprint density at radius 1 is 0.588 bits per heavy atom. The Balaban J connectivity index is -0.000000342. The molecular weight excluding hydrogens is 1260 g/mol. The highest BCUT2D eigenvalue weighted by molar-refractivity contribution is 7.73.